The van der Waals surface area contributed by atoms with Crippen molar-refractivity contribution in [3.05, 3.63) is 0 Å². The molecule has 0 fully saturated rings. The second kappa shape index (κ2) is 6.86. The Kier molecular flexibility index (Phi) is 6.54. The molecule has 0 atom stereocenters. The summed E-state index contributed by atoms with van der Waals surface area (Å²) in [5.41, 5.74) is 0. The van der Waals surface area contributed by atoms with E-state index in [-0.39, 0.29) is 12.0 Å². The molecule has 78 valence electrons. The van der Waals surface area contributed by atoms with Gasteiger partial charge in [-0.1, -0.05) is 0 Å². The van der Waals surface area contributed by atoms with Crippen molar-refractivity contribution in [3.63, 3.8) is 0 Å². The van der Waals surface area contributed by atoms with Gasteiger partial charge < -0.3 is 15.0 Å². The molecule has 13 heavy (non-hydrogen) atoms. The Morgan fingerprint density at radius 1 is 1.46 bits per heavy atom. The van der Waals surface area contributed by atoms with E-state index in [0.717, 1.165) is 6.54 Å². The lowest BCUT2D eigenvalue weighted by molar-refractivity contribution is -0.127. The highest BCUT2D eigenvalue weighted by atomic mass is 16.5. The minimum absolute atomic E-state index is 0.0875. The van der Waals surface area contributed by atoms with E-state index in [1.54, 1.807) is 19.0 Å². The van der Waals surface area contributed by atoms with Gasteiger partial charge in [0.25, 0.3) is 0 Å². The quantitative estimate of drug-likeness (QED) is 0.601. The highest BCUT2D eigenvalue weighted by Crippen LogP contribution is 1.84. The third-order valence-electron chi connectivity index (χ3n) is 1.51. The van der Waals surface area contributed by atoms with Gasteiger partial charge in [-0.15, -0.1) is 0 Å². The largest absolute Gasteiger partial charge is 0.377 e. The number of carbonyl (C=O) groups is 1. The van der Waals surface area contributed by atoms with Gasteiger partial charge in [-0.2, -0.15) is 0 Å². The second-order valence-electron chi connectivity index (χ2n) is 3.38. The Morgan fingerprint density at radius 3 is 2.54 bits per heavy atom. The summed E-state index contributed by atoms with van der Waals surface area (Å²) in [7, 11) is 3.49. The molecular formula is C9H20N2O2. The van der Waals surface area contributed by atoms with E-state index in [2.05, 4.69) is 5.32 Å². The summed E-state index contributed by atoms with van der Waals surface area (Å²) < 4.78 is 5.30. The van der Waals surface area contributed by atoms with Gasteiger partial charge in [0.05, 0.1) is 19.3 Å². The number of likely N-dealkylation sites (N-methyl/N-ethyl adjacent to an activating group) is 1. The fraction of sp³-hybridized carbons (Fsp3) is 0.889. The van der Waals surface area contributed by atoms with Crippen molar-refractivity contribution in [1.29, 1.82) is 0 Å². The number of nitrogens with zero attached hydrogens (tertiary/aromatic N) is 1. The van der Waals surface area contributed by atoms with Gasteiger partial charge in [-0.05, 0) is 13.8 Å². The van der Waals surface area contributed by atoms with Crippen LogP contribution in [0.5, 0.6) is 0 Å². The summed E-state index contributed by atoms with van der Waals surface area (Å²) in [5, 5.41) is 3.01. The van der Waals surface area contributed by atoms with Gasteiger partial charge in [0.1, 0.15) is 0 Å². The standard InChI is InChI=1S/C9H20N2O2/c1-8(2)13-6-5-10-7-9(12)11(3)4/h8,10H,5-7H2,1-4H3. The number of hydrogen-bond acceptors (Lipinski definition) is 3. The minimum atomic E-state index is 0.0875. The van der Waals surface area contributed by atoms with Gasteiger partial charge in [-0.25, -0.2) is 0 Å². The summed E-state index contributed by atoms with van der Waals surface area (Å²) in [5.74, 6) is 0.0875. The zero-order chi connectivity index (χ0) is 10.3. The molecule has 0 aromatic heterocycles. The van der Waals surface area contributed by atoms with Crippen molar-refractivity contribution >= 4 is 5.91 Å². The molecule has 0 aliphatic carbocycles. The Balaban J connectivity index is 3.21. The first-order valence-corrected chi connectivity index (χ1v) is 4.56. The highest BCUT2D eigenvalue weighted by Gasteiger charge is 2.01. The summed E-state index contributed by atoms with van der Waals surface area (Å²) in [6.45, 7) is 5.74. The molecule has 1 N–H and O–H groups in total. The predicted octanol–water partition coefficient (Wildman–Crippen LogP) is 0.0892. The van der Waals surface area contributed by atoms with E-state index in [4.69, 9.17) is 4.74 Å². The van der Waals surface area contributed by atoms with Crippen LogP contribution < -0.4 is 5.32 Å². The molecule has 0 saturated heterocycles. The van der Waals surface area contributed by atoms with Crippen molar-refractivity contribution < 1.29 is 9.53 Å². The maximum absolute atomic E-state index is 11.1. The Morgan fingerprint density at radius 2 is 2.08 bits per heavy atom. The van der Waals surface area contributed by atoms with Gasteiger partial charge in [0.15, 0.2) is 0 Å². The van der Waals surface area contributed by atoms with Crippen LogP contribution >= 0.6 is 0 Å². The normalized spacial score (nSPS) is 10.5. The molecule has 4 nitrogen and oxygen atoms in total. The van der Waals surface area contributed by atoms with Gasteiger partial charge in [-0.3, -0.25) is 4.79 Å². The highest BCUT2D eigenvalue weighted by molar-refractivity contribution is 5.77. The van der Waals surface area contributed by atoms with Crippen molar-refractivity contribution in [3.8, 4) is 0 Å². The predicted molar refractivity (Wildman–Crippen MR) is 52.7 cm³/mol. The van der Waals surface area contributed by atoms with E-state index < -0.39 is 0 Å². The van der Waals surface area contributed by atoms with Gasteiger partial charge >= 0.3 is 0 Å². The maximum atomic E-state index is 11.1. The molecule has 4 heteroatoms. The van der Waals surface area contributed by atoms with Crippen LogP contribution in [0.1, 0.15) is 13.8 Å². The number of carbonyl (C=O) groups excluding carboxylic acids is 1. The fourth-order valence-corrected chi connectivity index (χ4v) is 0.720. The monoisotopic (exact) mass is 188 g/mol. The van der Waals surface area contributed by atoms with E-state index >= 15 is 0 Å². The van der Waals surface area contributed by atoms with Crippen LogP contribution in [0.25, 0.3) is 0 Å². The fourth-order valence-electron chi connectivity index (χ4n) is 0.720. The molecule has 0 heterocycles. The zero-order valence-corrected chi connectivity index (χ0v) is 8.96. The molecule has 0 spiro atoms. The van der Waals surface area contributed by atoms with Crippen LogP contribution in [0.15, 0.2) is 0 Å². The van der Waals surface area contributed by atoms with Crippen molar-refractivity contribution in [2.24, 2.45) is 0 Å². The SMILES string of the molecule is CC(C)OCCNCC(=O)N(C)C. The zero-order valence-electron chi connectivity index (χ0n) is 8.96. The van der Waals surface area contributed by atoms with Crippen LogP contribution in [0, 0.1) is 0 Å². The Hall–Kier alpha value is -0.610. The Labute approximate surface area is 80.2 Å². The van der Waals surface area contributed by atoms with Gasteiger partial charge in [0.2, 0.25) is 5.91 Å². The number of rotatable bonds is 6. The number of hydrogen-bond donors (Lipinski definition) is 1. The summed E-state index contributed by atoms with van der Waals surface area (Å²) in [6.07, 6.45) is 0.256. The molecule has 0 aliphatic heterocycles. The molecule has 0 aromatic rings. The van der Waals surface area contributed by atoms with Crippen molar-refractivity contribution in [2.75, 3.05) is 33.8 Å². The minimum Gasteiger partial charge on any atom is -0.377 e. The van der Waals surface area contributed by atoms with E-state index in [1.165, 1.54) is 0 Å². The van der Waals surface area contributed by atoms with Crippen LogP contribution in [0.3, 0.4) is 0 Å². The Bertz CT molecular complexity index is 147. The number of amides is 1. The van der Waals surface area contributed by atoms with Crippen molar-refractivity contribution in [2.45, 2.75) is 20.0 Å². The first kappa shape index (κ1) is 12.4. The third kappa shape index (κ3) is 7.74. The average molecular weight is 188 g/mol. The first-order valence-electron chi connectivity index (χ1n) is 4.56. The van der Waals surface area contributed by atoms with Crippen LogP contribution in [-0.4, -0.2) is 50.7 Å². The third-order valence-corrected chi connectivity index (χ3v) is 1.51. The lowest BCUT2D eigenvalue weighted by Gasteiger charge is -2.11. The molecule has 0 unspecified atom stereocenters. The first-order chi connectivity index (χ1) is 6.04. The average Bonchev–Trinajstić information content (AvgIpc) is 2.02. The molecular weight excluding hydrogens is 168 g/mol. The van der Waals surface area contributed by atoms with Crippen LogP contribution in [0.4, 0.5) is 0 Å². The van der Waals surface area contributed by atoms with Crippen molar-refractivity contribution in [1.82, 2.24) is 10.2 Å². The summed E-state index contributed by atoms with van der Waals surface area (Å²) >= 11 is 0. The molecule has 0 rings (SSSR count). The van der Waals surface area contributed by atoms with E-state index in [1.807, 2.05) is 13.8 Å². The smallest absolute Gasteiger partial charge is 0.236 e. The molecule has 0 radical (unpaired) electrons. The van der Waals surface area contributed by atoms with E-state index in [0.29, 0.717) is 13.2 Å². The summed E-state index contributed by atoms with van der Waals surface area (Å²) in [4.78, 5) is 12.6. The molecule has 0 aromatic carbocycles. The lowest BCUT2D eigenvalue weighted by Crippen LogP contribution is -2.34. The topological polar surface area (TPSA) is 41.6 Å². The lowest BCUT2D eigenvalue weighted by atomic mass is 10.5. The van der Waals surface area contributed by atoms with E-state index in [9.17, 15) is 4.79 Å². The molecule has 0 bridgehead atoms. The molecule has 0 saturated carbocycles. The number of ether oxygens (including phenoxy) is 1. The molecule has 1 amide bonds. The summed E-state index contributed by atoms with van der Waals surface area (Å²) in [6, 6.07) is 0. The van der Waals surface area contributed by atoms with Crippen LogP contribution in [0.2, 0.25) is 0 Å². The van der Waals surface area contributed by atoms with Crippen LogP contribution in [-0.2, 0) is 9.53 Å². The van der Waals surface area contributed by atoms with Gasteiger partial charge in [0, 0.05) is 20.6 Å². The molecule has 0 aliphatic rings. The maximum Gasteiger partial charge on any atom is 0.236 e. The number of nitrogens with one attached hydrogen (secondary N) is 1. The second-order valence-corrected chi connectivity index (χ2v) is 3.38.